The molecule has 1 aliphatic heterocycles. The topological polar surface area (TPSA) is 15.3 Å². The maximum Gasteiger partial charge on any atom is 0.0284 e. The van der Waals surface area contributed by atoms with Crippen LogP contribution in [0.3, 0.4) is 0 Å². The van der Waals surface area contributed by atoms with Crippen molar-refractivity contribution in [2.75, 3.05) is 32.4 Å². The van der Waals surface area contributed by atoms with E-state index in [2.05, 4.69) is 28.2 Å². The number of thioether (sulfide) groups is 1. The van der Waals surface area contributed by atoms with Crippen LogP contribution in [-0.4, -0.2) is 48.1 Å². The lowest BCUT2D eigenvalue weighted by molar-refractivity contribution is 0.286. The molecule has 1 N–H and O–H groups in total. The Morgan fingerprint density at radius 2 is 2.00 bits per heavy atom. The van der Waals surface area contributed by atoms with E-state index in [9.17, 15) is 0 Å². The minimum atomic E-state index is 0.610. The molecular weight excluding hydrogens is 240 g/mol. The lowest BCUT2D eigenvalue weighted by atomic mass is 10.1. The number of nitrogens with one attached hydrogen (secondary N) is 1. The zero-order valence-electron chi connectivity index (χ0n) is 11.8. The molecule has 3 heteroatoms. The van der Waals surface area contributed by atoms with E-state index in [1.807, 2.05) is 0 Å². The molecule has 104 valence electrons. The summed E-state index contributed by atoms with van der Waals surface area (Å²) in [6.07, 6.45) is 12.4. The van der Waals surface area contributed by atoms with E-state index in [1.54, 1.807) is 0 Å². The molecular formula is C15H28N2S. The van der Waals surface area contributed by atoms with Gasteiger partial charge in [-0.05, 0) is 57.4 Å². The molecule has 0 bridgehead atoms. The van der Waals surface area contributed by atoms with Crippen molar-refractivity contribution < 1.29 is 0 Å². The molecule has 1 atom stereocenters. The van der Waals surface area contributed by atoms with Gasteiger partial charge in [0.1, 0.15) is 0 Å². The predicted octanol–water partition coefficient (Wildman–Crippen LogP) is 2.74. The van der Waals surface area contributed by atoms with Crippen LogP contribution in [0.15, 0.2) is 0 Å². The molecule has 1 saturated heterocycles. The standard InChI is InChI=1S/C15H28N2S/c1-18-15(7-2-3-8-15)12-17-9-6-13(11-17)10-16-14-4-5-14/h13-14,16H,2-12H2,1H3. The lowest BCUT2D eigenvalue weighted by Crippen LogP contribution is -2.38. The Morgan fingerprint density at radius 3 is 2.67 bits per heavy atom. The second-order valence-corrected chi connectivity index (χ2v) is 7.94. The van der Waals surface area contributed by atoms with Crippen molar-refractivity contribution in [3.05, 3.63) is 0 Å². The zero-order valence-corrected chi connectivity index (χ0v) is 12.6. The normalized spacial score (nSPS) is 32.2. The Labute approximate surface area is 116 Å². The molecule has 0 aromatic heterocycles. The van der Waals surface area contributed by atoms with Gasteiger partial charge in [0.05, 0.1) is 0 Å². The lowest BCUT2D eigenvalue weighted by Gasteiger charge is -2.32. The SMILES string of the molecule is CSC1(CN2CCC(CNC3CC3)C2)CCCC1. The highest BCUT2D eigenvalue weighted by Crippen LogP contribution is 2.41. The van der Waals surface area contributed by atoms with Crippen molar-refractivity contribution in [2.24, 2.45) is 5.92 Å². The Balaban J connectivity index is 1.43. The highest BCUT2D eigenvalue weighted by atomic mass is 32.2. The molecule has 18 heavy (non-hydrogen) atoms. The Kier molecular flexibility index (Phi) is 4.21. The van der Waals surface area contributed by atoms with Gasteiger partial charge in [-0.3, -0.25) is 0 Å². The van der Waals surface area contributed by atoms with Crippen LogP contribution in [0.5, 0.6) is 0 Å². The molecule has 1 heterocycles. The van der Waals surface area contributed by atoms with E-state index in [1.165, 1.54) is 71.1 Å². The third-order valence-corrected chi connectivity index (χ3v) is 6.51. The van der Waals surface area contributed by atoms with Crippen molar-refractivity contribution in [3.63, 3.8) is 0 Å². The molecule has 1 unspecified atom stereocenters. The van der Waals surface area contributed by atoms with E-state index < -0.39 is 0 Å². The van der Waals surface area contributed by atoms with Gasteiger partial charge in [-0.15, -0.1) is 0 Å². The summed E-state index contributed by atoms with van der Waals surface area (Å²) in [7, 11) is 0. The number of nitrogens with zero attached hydrogens (tertiary/aromatic N) is 1. The van der Waals surface area contributed by atoms with Gasteiger partial charge in [-0.1, -0.05) is 12.8 Å². The van der Waals surface area contributed by atoms with E-state index in [0.717, 1.165) is 12.0 Å². The minimum Gasteiger partial charge on any atom is -0.314 e. The average molecular weight is 268 g/mol. The van der Waals surface area contributed by atoms with Crippen LogP contribution in [0, 0.1) is 5.92 Å². The number of hydrogen-bond donors (Lipinski definition) is 1. The summed E-state index contributed by atoms with van der Waals surface area (Å²) in [4.78, 5) is 2.75. The third kappa shape index (κ3) is 3.23. The summed E-state index contributed by atoms with van der Waals surface area (Å²) in [6, 6.07) is 0.881. The Hall–Kier alpha value is 0.270. The van der Waals surface area contributed by atoms with Crippen LogP contribution in [0.4, 0.5) is 0 Å². The second-order valence-electron chi connectivity index (χ2n) is 6.67. The fourth-order valence-corrected chi connectivity index (χ4v) is 4.71. The van der Waals surface area contributed by atoms with Crippen molar-refractivity contribution in [3.8, 4) is 0 Å². The summed E-state index contributed by atoms with van der Waals surface area (Å²) in [5.74, 6) is 0.922. The van der Waals surface area contributed by atoms with Gasteiger partial charge >= 0.3 is 0 Å². The molecule has 0 aromatic rings. The summed E-state index contributed by atoms with van der Waals surface area (Å²) in [5.41, 5.74) is 0. The highest BCUT2D eigenvalue weighted by Gasteiger charge is 2.36. The molecule has 0 amide bonds. The monoisotopic (exact) mass is 268 g/mol. The van der Waals surface area contributed by atoms with Gasteiger partial charge in [0.25, 0.3) is 0 Å². The quantitative estimate of drug-likeness (QED) is 0.797. The predicted molar refractivity (Wildman–Crippen MR) is 80.3 cm³/mol. The fraction of sp³-hybridized carbons (Fsp3) is 1.00. The largest absolute Gasteiger partial charge is 0.314 e. The maximum absolute atomic E-state index is 3.70. The molecule has 2 nitrogen and oxygen atoms in total. The first-order chi connectivity index (χ1) is 8.80. The fourth-order valence-electron chi connectivity index (χ4n) is 3.70. The van der Waals surface area contributed by atoms with Crippen molar-refractivity contribution in [1.82, 2.24) is 10.2 Å². The number of rotatable bonds is 6. The molecule has 0 spiro atoms. The zero-order chi connectivity index (χ0) is 12.4. The van der Waals surface area contributed by atoms with Gasteiger partial charge in [-0.25, -0.2) is 0 Å². The summed E-state index contributed by atoms with van der Waals surface area (Å²) in [5, 5.41) is 3.70. The molecule has 0 aromatic carbocycles. The molecule has 3 aliphatic rings. The van der Waals surface area contributed by atoms with Gasteiger partial charge in [0, 0.05) is 23.9 Å². The smallest absolute Gasteiger partial charge is 0.0284 e. The van der Waals surface area contributed by atoms with E-state index >= 15 is 0 Å². The maximum atomic E-state index is 3.70. The molecule has 3 rings (SSSR count). The van der Waals surface area contributed by atoms with Gasteiger partial charge in [-0.2, -0.15) is 11.8 Å². The second kappa shape index (κ2) is 5.72. The summed E-state index contributed by atoms with van der Waals surface area (Å²) >= 11 is 2.14. The molecule has 3 fully saturated rings. The minimum absolute atomic E-state index is 0.610. The van der Waals surface area contributed by atoms with Crippen LogP contribution in [0.25, 0.3) is 0 Å². The van der Waals surface area contributed by atoms with Crippen molar-refractivity contribution >= 4 is 11.8 Å². The van der Waals surface area contributed by atoms with Crippen LogP contribution in [-0.2, 0) is 0 Å². The van der Waals surface area contributed by atoms with Crippen LogP contribution < -0.4 is 5.32 Å². The molecule has 0 radical (unpaired) electrons. The first kappa shape index (κ1) is 13.3. The molecule has 2 aliphatic carbocycles. The van der Waals surface area contributed by atoms with E-state index in [0.29, 0.717) is 4.75 Å². The van der Waals surface area contributed by atoms with E-state index in [4.69, 9.17) is 0 Å². The van der Waals surface area contributed by atoms with Gasteiger partial charge in [0.15, 0.2) is 0 Å². The number of likely N-dealkylation sites (tertiary alicyclic amines) is 1. The average Bonchev–Trinajstić information content (AvgIpc) is 2.93. The highest BCUT2D eigenvalue weighted by molar-refractivity contribution is 8.00. The van der Waals surface area contributed by atoms with Crippen LogP contribution in [0.1, 0.15) is 44.9 Å². The Bertz CT molecular complexity index is 272. The third-order valence-electron chi connectivity index (χ3n) is 5.10. The molecule has 2 saturated carbocycles. The Morgan fingerprint density at radius 1 is 1.22 bits per heavy atom. The van der Waals surface area contributed by atoms with Gasteiger partial charge < -0.3 is 10.2 Å². The van der Waals surface area contributed by atoms with Crippen LogP contribution in [0.2, 0.25) is 0 Å². The van der Waals surface area contributed by atoms with Crippen molar-refractivity contribution in [1.29, 1.82) is 0 Å². The first-order valence-electron chi connectivity index (χ1n) is 7.81. The summed E-state index contributed by atoms with van der Waals surface area (Å²) < 4.78 is 0.610. The number of hydrogen-bond acceptors (Lipinski definition) is 3. The van der Waals surface area contributed by atoms with E-state index in [-0.39, 0.29) is 0 Å². The van der Waals surface area contributed by atoms with Crippen LogP contribution >= 0.6 is 11.8 Å². The van der Waals surface area contributed by atoms with Gasteiger partial charge in [0.2, 0.25) is 0 Å². The first-order valence-corrected chi connectivity index (χ1v) is 9.03. The summed E-state index contributed by atoms with van der Waals surface area (Å²) in [6.45, 7) is 5.32. The van der Waals surface area contributed by atoms with Crippen molar-refractivity contribution in [2.45, 2.75) is 55.7 Å².